The molecule has 1 aromatic heterocycles. The average Bonchev–Trinajstić information content (AvgIpc) is 3.00. The van der Waals surface area contributed by atoms with Crippen molar-refractivity contribution >= 4 is 0 Å². The number of hydrogen-bond donors (Lipinski definition) is 1. The van der Waals surface area contributed by atoms with E-state index in [9.17, 15) is 0 Å². The zero-order valence-electron chi connectivity index (χ0n) is 10.6. The first-order valence-corrected chi connectivity index (χ1v) is 6.73. The molecule has 5 heteroatoms. The fraction of sp³-hybridized carbons (Fsp3) is 0.429. The Labute approximate surface area is 111 Å². The maximum absolute atomic E-state index is 6.04. The van der Waals surface area contributed by atoms with Crippen LogP contribution in [0, 0.1) is 0 Å². The zero-order chi connectivity index (χ0) is 12.8. The topological polar surface area (TPSA) is 66.0 Å². The number of rotatable bonds is 1. The number of aromatic nitrogens is 3. The van der Waals surface area contributed by atoms with Gasteiger partial charge in [0.1, 0.15) is 11.6 Å². The van der Waals surface area contributed by atoms with Crippen molar-refractivity contribution in [3.8, 4) is 5.75 Å². The molecule has 0 saturated carbocycles. The molecule has 2 aromatic rings. The third-order valence-electron chi connectivity index (χ3n) is 3.95. The van der Waals surface area contributed by atoms with E-state index >= 15 is 0 Å². The number of aryl methyl sites for hydroxylation is 1. The lowest BCUT2D eigenvalue weighted by molar-refractivity contribution is 0.218. The van der Waals surface area contributed by atoms with Gasteiger partial charge >= 0.3 is 0 Å². The van der Waals surface area contributed by atoms with E-state index in [1.54, 1.807) is 0 Å². The number of fused-ring (bicyclic) bond motifs is 2. The third kappa shape index (κ3) is 1.73. The Kier molecular flexibility index (Phi) is 2.35. The fourth-order valence-corrected chi connectivity index (χ4v) is 2.94. The number of hydrogen-bond acceptors (Lipinski definition) is 4. The van der Waals surface area contributed by atoms with Gasteiger partial charge in [-0.3, -0.25) is 0 Å². The SMILES string of the molecule is NC1CCc2nnc(C3Cc4ccccc4O3)n2C1. The second-order valence-electron chi connectivity index (χ2n) is 5.30. The van der Waals surface area contributed by atoms with Crippen molar-refractivity contribution in [1.82, 2.24) is 14.8 Å². The molecule has 0 bridgehead atoms. The van der Waals surface area contributed by atoms with Gasteiger partial charge in [-0.05, 0) is 18.1 Å². The smallest absolute Gasteiger partial charge is 0.174 e. The first-order chi connectivity index (χ1) is 9.31. The van der Waals surface area contributed by atoms with Gasteiger partial charge in [-0.1, -0.05) is 18.2 Å². The number of ether oxygens (including phenoxy) is 1. The number of benzene rings is 1. The summed E-state index contributed by atoms with van der Waals surface area (Å²) in [5.74, 6) is 2.92. The van der Waals surface area contributed by atoms with Crippen LogP contribution in [0.3, 0.4) is 0 Å². The summed E-state index contributed by atoms with van der Waals surface area (Å²) in [5, 5.41) is 8.61. The summed E-state index contributed by atoms with van der Waals surface area (Å²) in [6.45, 7) is 0.799. The van der Waals surface area contributed by atoms with Crippen molar-refractivity contribution in [2.45, 2.75) is 38.0 Å². The Morgan fingerprint density at radius 1 is 1.26 bits per heavy atom. The van der Waals surface area contributed by atoms with E-state index in [1.165, 1.54) is 5.56 Å². The molecule has 4 rings (SSSR count). The summed E-state index contributed by atoms with van der Waals surface area (Å²) in [6.07, 6.45) is 2.74. The van der Waals surface area contributed by atoms with Gasteiger partial charge in [-0.25, -0.2) is 0 Å². The largest absolute Gasteiger partial charge is 0.482 e. The fourth-order valence-electron chi connectivity index (χ4n) is 2.94. The summed E-state index contributed by atoms with van der Waals surface area (Å²) >= 11 is 0. The van der Waals surface area contributed by atoms with Crippen LogP contribution in [0.1, 0.15) is 29.7 Å². The van der Waals surface area contributed by atoms with Crippen LogP contribution in [-0.4, -0.2) is 20.8 Å². The first-order valence-electron chi connectivity index (χ1n) is 6.73. The van der Waals surface area contributed by atoms with Crippen molar-refractivity contribution < 1.29 is 4.74 Å². The number of nitrogens with zero attached hydrogens (tertiary/aromatic N) is 3. The van der Waals surface area contributed by atoms with Crippen molar-refractivity contribution in [2.24, 2.45) is 5.73 Å². The molecule has 0 amide bonds. The molecule has 5 nitrogen and oxygen atoms in total. The minimum atomic E-state index is -0.0241. The van der Waals surface area contributed by atoms with E-state index in [0.717, 1.165) is 43.2 Å². The monoisotopic (exact) mass is 256 g/mol. The summed E-state index contributed by atoms with van der Waals surface area (Å²) in [5.41, 5.74) is 7.28. The maximum atomic E-state index is 6.04. The van der Waals surface area contributed by atoms with Crippen molar-refractivity contribution in [2.75, 3.05) is 0 Å². The number of para-hydroxylation sites is 1. The highest BCUT2D eigenvalue weighted by atomic mass is 16.5. The highest BCUT2D eigenvalue weighted by Gasteiger charge is 2.31. The molecule has 2 aliphatic rings. The Morgan fingerprint density at radius 2 is 2.16 bits per heavy atom. The Hall–Kier alpha value is -1.88. The normalized spacial score (nSPS) is 24.7. The van der Waals surface area contributed by atoms with Crippen LogP contribution in [-0.2, 0) is 19.4 Å². The van der Waals surface area contributed by atoms with Crippen molar-refractivity contribution in [1.29, 1.82) is 0 Å². The lowest BCUT2D eigenvalue weighted by atomic mass is 10.1. The van der Waals surface area contributed by atoms with Gasteiger partial charge < -0.3 is 15.0 Å². The van der Waals surface area contributed by atoms with Crippen molar-refractivity contribution in [3.63, 3.8) is 0 Å². The molecular formula is C14H16N4O. The Bertz CT molecular complexity index is 597. The number of nitrogens with two attached hydrogens (primary N) is 1. The Morgan fingerprint density at radius 3 is 3.05 bits per heavy atom. The summed E-state index contributed by atoms with van der Waals surface area (Å²) < 4.78 is 8.13. The molecule has 0 radical (unpaired) electrons. The molecule has 0 saturated heterocycles. The molecule has 2 unspecified atom stereocenters. The third-order valence-corrected chi connectivity index (χ3v) is 3.95. The molecule has 2 N–H and O–H groups in total. The second-order valence-corrected chi connectivity index (χ2v) is 5.30. The van der Waals surface area contributed by atoms with Gasteiger partial charge in [0.25, 0.3) is 0 Å². The average molecular weight is 256 g/mol. The molecule has 2 atom stereocenters. The predicted octanol–water partition coefficient (Wildman–Crippen LogP) is 1.23. The van der Waals surface area contributed by atoms with E-state index in [-0.39, 0.29) is 12.1 Å². The molecule has 0 fully saturated rings. The van der Waals surface area contributed by atoms with Crippen LogP contribution in [0.2, 0.25) is 0 Å². The zero-order valence-corrected chi connectivity index (χ0v) is 10.6. The van der Waals surface area contributed by atoms with Crippen LogP contribution in [0.15, 0.2) is 24.3 Å². The van der Waals surface area contributed by atoms with Gasteiger partial charge in [-0.2, -0.15) is 0 Å². The molecule has 98 valence electrons. The van der Waals surface area contributed by atoms with Gasteiger partial charge in [0, 0.05) is 25.4 Å². The molecule has 1 aromatic carbocycles. The lowest BCUT2D eigenvalue weighted by Gasteiger charge is -2.22. The predicted molar refractivity (Wildman–Crippen MR) is 69.8 cm³/mol. The van der Waals surface area contributed by atoms with Crippen LogP contribution >= 0.6 is 0 Å². The minimum absolute atomic E-state index is 0.0241. The quantitative estimate of drug-likeness (QED) is 0.833. The lowest BCUT2D eigenvalue weighted by Crippen LogP contribution is -2.33. The van der Waals surface area contributed by atoms with Crippen LogP contribution < -0.4 is 10.5 Å². The highest BCUT2D eigenvalue weighted by molar-refractivity contribution is 5.38. The molecule has 2 aliphatic heterocycles. The van der Waals surface area contributed by atoms with Gasteiger partial charge in [0.2, 0.25) is 0 Å². The Balaban J connectivity index is 1.67. The standard InChI is InChI=1S/C14H16N4O/c15-10-5-6-13-16-17-14(18(13)8-10)12-7-9-3-1-2-4-11(9)19-12/h1-4,10,12H,5-8,15H2. The second kappa shape index (κ2) is 4.06. The van der Waals surface area contributed by atoms with E-state index in [1.807, 2.05) is 18.2 Å². The minimum Gasteiger partial charge on any atom is -0.482 e. The summed E-state index contributed by atoms with van der Waals surface area (Å²) in [7, 11) is 0. The molecule has 19 heavy (non-hydrogen) atoms. The summed E-state index contributed by atoms with van der Waals surface area (Å²) in [4.78, 5) is 0. The van der Waals surface area contributed by atoms with Gasteiger partial charge in [-0.15, -0.1) is 10.2 Å². The summed E-state index contributed by atoms with van der Waals surface area (Å²) in [6, 6.07) is 8.35. The van der Waals surface area contributed by atoms with Crippen LogP contribution in [0.25, 0.3) is 0 Å². The first kappa shape index (κ1) is 11.0. The van der Waals surface area contributed by atoms with Gasteiger partial charge in [0.05, 0.1) is 0 Å². The highest BCUT2D eigenvalue weighted by Crippen LogP contribution is 2.36. The van der Waals surface area contributed by atoms with E-state index in [4.69, 9.17) is 10.5 Å². The van der Waals surface area contributed by atoms with E-state index < -0.39 is 0 Å². The molecule has 0 aliphatic carbocycles. The van der Waals surface area contributed by atoms with E-state index in [0.29, 0.717) is 0 Å². The van der Waals surface area contributed by atoms with Gasteiger partial charge in [0.15, 0.2) is 11.9 Å². The molecule has 3 heterocycles. The van der Waals surface area contributed by atoms with Crippen molar-refractivity contribution in [3.05, 3.63) is 41.5 Å². The molecule has 0 spiro atoms. The van der Waals surface area contributed by atoms with Crippen LogP contribution in [0.4, 0.5) is 0 Å². The molecular weight excluding hydrogens is 240 g/mol. The van der Waals surface area contributed by atoms with Crippen LogP contribution in [0.5, 0.6) is 5.75 Å². The van der Waals surface area contributed by atoms with E-state index in [2.05, 4.69) is 20.8 Å². The maximum Gasteiger partial charge on any atom is 0.174 e.